The fraction of sp³-hybridized carbons (Fsp3) is 0.455. The third kappa shape index (κ3) is 3.24. The van der Waals surface area contributed by atoms with Gasteiger partial charge in [0.25, 0.3) is 5.69 Å². The zero-order valence-electron chi connectivity index (χ0n) is 11.4. The summed E-state index contributed by atoms with van der Waals surface area (Å²) in [4.78, 5) is 10.0. The second-order valence-corrected chi connectivity index (χ2v) is 5.98. The minimum atomic E-state index is -3.73. The standard InChI is InChI=1S/C11H18N4O4S/c1-3-7-14(4-2)20(18,19)11-6-5-9(15(16)17)8-10(11)13-12/h5-6,8,13H,3-4,7,12H2,1-2H3. The summed E-state index contributed by atoms with van der Waals surface area (Å²) in [5.74, 6) is 5.28. The quantitative estimate of drug-likeness (QED) is 0.445. The Balaban J connectivity index is 3.34. The Bertz CT molecular complexity index is 588. The summed E-state index contributed by atoms with van der Waals surface area (Å²) in [5, 5.41) is 10.7. The lowest BCUT2D eigenvalue weighted by Gasteiger charge is -2.21. The number of rotatable bonds is 7. The zero-order valence-corrected chi connectivity index (χ0v) is 12.2. The van der Waals surface area contributed by atoms with Gasteiger partial charge in [0, 0.05) is 25.2 Å². The summed E-state index contributed by atoms with van der Waals surface area (Å²) in [6.07, 6.45) is 0.672. The van der Waals surface area contributed by atoms with Crippen molar-refractivity contribution in [2.45, 2.75) is 25.2 Å². The number of benzene rings is 1. The fourth-order valence-corrected chi connectivity index (χ4v) is 3.48. The van der Waals surface area contributed by atoms with Gasteiger partial charge in [-0.2, -0.15) is 4.31 Å². The molecule has 0 bridgehead atoms. The van der Waals surface area contributed by atoms with E-state index >= 15 is 0 Å². The topological polar surface area (TPSA) is 119 Å². The Morgan fingerprint density at radius 3 is 2.50 bits per heavy atom. The van der Waals surface area contributed by atoms with Crippen molar-refractivity contribution in [1.29, 1.82) is 0 Å². The van der Waals surface area contributed by atoms with Crippen molar-refractivity contribution in [1.82, 2.24) is 4.31 Å². The molecule has 0 amide bonds. The molecule has 0 saturated carbocycles. The number of nitrogens with two attached hydrogens (primary N) is 1. The van der Waals surface area contributed by atoms with E-state index in [0.717, 1.165) is 12.1 Å². The normalized spacial score (nSPS) is 11.6. The van der Waals surface area contributed by atoms with Crippen molar-refractivity contribution in [2.24, 2.45) is 5.84 Å². The van der Waals surface area contributed by atoms with Crippen molar-refractivity contribution in [3.05, 3.63) is 28.3 Å². The number of nitro groups is 1. The molecule has 0 aliphatic heterocycles. The summed E-state index contributed by atoms with van der Waals surface area (Å²) < 4.78 is 26.3. The third-order valence-electron chi connectivity index (χ3n) is 2.77. The molecule has 1 aromatic carbocycles. The fourth-order valence-electron chi connectivity index (χ4n) is 1.81. The lowest BCUT2D eigenvalue weighted by atomic mass is 10.3. The molecule has 20 heavy (non-hydrogen) atoms. The first-order valence-electron chi connectivity index (χ1n) is 6.13. The molecule has 0 heterocycles. The Morgan fingerprint density at radius 1 is 1.40 bits per heavy atom. The van der Waals surface area contributed by atoms with E-state index in [-0.39, 0.29) is 16.3 Å². The molecule has 1 aromatic rings. The second kappa shape index (κ2) is 6.64. The number of hydrogen-bond donors (Lipinski definition) is 2. The highest BCUT2D eigenvalue weighted by Gasteiger charge is 2.26. The molecule has 112 valence electrons. The number of sulfonamides is 1. The summed E-state index contributed by atoms with van der Waals surface area (Å²) in [7, 11) is -3.73. The van der Waals surface area contributed by atoms with Crippen LogP contribution in [0.25, 0.3) is 0 Å². The number of nitrogens with one attached hydrogen (secondary N) is 1. The molecule has 0 spiro atoms. The van der Waals surface area contributed by atoms with Crippen LogP contribution >= 0.6 is 0 Å². The van der Waals surface area contributed by atoms with E-state index in [0.29, 0.717) is 19.5 Å². The molecule has 0 aliphatic carbocycles. The van der Waals surface area contributed by atoms with Gasteiger partial charge in [0.15, 0.2) is 0 Å². The number of anilines is 1. The van der Waals surface area contributed by atoms with E-state index < -0.39 is 14.9 Å². The predicted molar refractivity (Wildman–Crippen MR) is 75.6 cm³/mol. The maximum Gasteiger partial charge on any atom is 0.271 e. The zero-order chi connectivity index (χ0) is 15.3. The van der Waals surface area contributed by atoms with Gasteiger partial charge in [-0.25, -0.2) is 8.42 Å². The lowest BCUT2D eigenvalue weighted by Crippen LogP contribution is -2.32. The molecule has 8 nitrogen and oxygen atoms in total. The van der Waals surface area contributed by atoms with Gasteiger partial charge in [-0.1, -0.05) is 13.8 Å². The summed E-state index contributed by atoms with van der Waals surface area (Å²) in [5.41, 5.74) is 1.99. The first-order valence-corrected chi connectivity index (χ1v) is 7.57. The van der Waals surface area contributed by atoms with E-state index in [2.05, 4.69) is 5.43 Å². The molecule has 0 fully saturated rings. The predicted octanol–water partition coefficient (Wildman–Crippen LogP) is 1.30. The third-order valence-corrected chi connectivity index (χ3v) is 4.81. The molecule has 0 aliphatic rings. The van der Waals surface area contributed by atoms with Gasteiger partial charge in [-0.05, 0) is 12.5 Å². The maximum atomic E-state index is 12.5. The number of non-ortho nitro benzene ring substituents is 1. The SMILES string of the molecule is CCCN(CC)S(=O)(=O)c1ccc([N+](=O)[O-])cc1NN. The summed E-state index contributed by atoms with van der Waals surface area (Å²) >= 11 is 0. The summed E-state index contributed by atoms with van der Waals surface area (Å²) in [6, 6.07) is 3.45. The average molecular weight is 302 g/mol. The number of nitrogens with zero attached hydrogens (tertiary/aromatic N) is 2. The Kier molecular flexibility index (Phi) is 5.43. The Hall–Kier alpha value is -1.71. The van der Waals surface area contributed by atoms with Gasteiger partial charge in [-0.15, -0.1) is 0 Å². The van der Waals surface area contributed by atoms with Gasteiger partial charge in [0.2, 0.25) is 10.0 Å². The second-order valence-electron chi connectivity index (χ2n) is 4.08. The maximum absolute atomic E-state index is 12.5. The average Bonchev–Trinajstić information content (AvgIpc) is 2.43. The van der Waals surface area contributed by atoms with E-state index in [4.69, 9.17) is 5.84 Å². The molecule has 0 saturated heterocycles. The number of nitro benzene ring substituents is 1. The molecule has 1 rings (SSSR count). The summed E-state index contributed by atoms with van der Waals surface area (Å²) in [6.45, 7) is 4.29. The molecule has 0 aromatic heterocycles. The minimum absolute atomic E-state index is 0.00810. The van der Waals surface area contributed by atoms with Gasteiger partial charge in [0.1, 0.15) is 4.90 Å². The van der Waals surface area contributed by atoms with E-state index in [1.165, 1.54) is 10.4 Å². The van der Waals surface area contributed by atoms with Crippen LogP contribution in [0.2, 0.25) is 0 Å². The molecule has 9 heteroatoms. The molecule has 0 unspecified atom stereocenters. The molecule has 3 N–H and O–H groups in total. The largest absolute Gasteiger partial charge is 0.323 e. The first-order chi connectivity index (χ1) is 9.38. The van der Waals surface area contributed by atoms with Crippen LogP contribution in [0, 0.1) is 10.1 Å². The van der Waals surface area contributed by atoms with Crippen LogP contribution < -0.4 is 11.3 Å². The van der Waals surface area contributed by atoms with E-state index in [1.807, 2.05) is 6.92 Å². The smallest absolute Gasteiger partial charge is 0.271 e. The van der Waals surface area contributed by atoms with Crippen LogP contribution in [0.4, 0.5) is 11.4 Å². The van der Waals surface area contributed by atoms with Crippen molar-refractivity contribution in [3.8, 4) is 0 Å². The molecular weight excluding hydrogens is 284 g/mol. The monoisotopic (exact) mass is 302 g/mol. The number of nitrogen functional groups attached to an aromatic ring is 1. The van der Waals surface area contributed by atoms with Gasteiger partial charge >= 0.3 is 0 Å². The van der Waals surface area contributed by atoms with Gasteiger partial charge in [0.05, 0.1) is 10.6 Å². The lowest BCUT2D eigenvalue weighted by molar-refractivity contribution is -0.384. The van der Waals surface area contributed by atoms with Crippen molar-refractivity contribution in [3.63, 3.8) is 0 Å². The van der Waals surface area contributed by atoms with Crippen molar-refractivity contribution in [2.75, 3.05) is 18.5 Å². The highest BCUT2D eigenvalue weighted by atomic mass is 32.2. The highest BCUT2D eigenvalue weighted by Crippen LogP contribution is 2.28. The van der Waals surface area contributed by atoms with E-state index in [1.54, 1.807) is 6.92 Å². The number of hydrogen-bond acceptors (Lipinski definition) is 6. The van der Waals surface area contributed by atoms with Crippen LogP contribution in [0.15, 0.2) is 23.1 Å². The van der Waals surface area contributed by atoms with Crippen LogP contribution in [-0.2, 0) is 10.0 Å². The van der Waals surface area contributed by atoms with Gasteiger partial charge in [-0.3, -0.25) is 16.0 Å². The molecule has 0 atom stereocenters. The molecule has 0 radical (unpaired) electrons. The van der Waals surface area contributed by atoms with Crippen LogP contribution in [0.1, 0.15) is 20.3 Å². The molecular formula is C11H18N4O4S. The Morgan fingerprint density at radius 2 is 2.05 bits per heavy atom. The van der Waals surface area contributed by atoms with Crippen molar-refractivity contribution >= 4 is 21.4 Å². The van der Waals surface area contributed by atoms with Crippen LogP contribution in [0.3, 0.4) is 0 Å². The minimum Gasteiger partial charge on any atom is -0.323 e. The first kappa shape index (κ1) is 16.3. The highest BCUT2D eigenvalue weighted by molar-refractivity contribution is 7.89. The Labute approximate surface area is 117 Å². The van der Waals surface area contributed by atoms with Crippen molar-refractivity contribution < 1.29 is 13.3 Å². The van der Waals surface area contributed by atoms with Crippen LogP contribution in [-0.4, -0.2) is 30.7 Å². The van der Waals surface area contributed by atoms with Crippen LogP contribution in [0.5, 0.6) is 0 Å². The van der Waals surface area contributed by atoms with Gasteiger partial charge < -0.3 is 5.43 Å². The number of hydrazine groups is 1. The van der Waals surface area contributed by atoms with E-state index in [9.17, 15) is 18.5 Å².